The van der Waals surface area contributed by atoms with Crippen LogP contribution in [0.25, 0.3) is 5.70 Å². The number of hydrogen-bond acceptors (Lipinski definition) is 8. The fourth-order valence-corrected chi connectivity index (χ4v) is 9.76. The zero-order valence-corrected chi connectivity index (χ0v) is 30.9. The number of aromatic nitrogens is 2. The van der Waals surface area contributed by atoms with Crippen LogP contribution in [0.4, 0.5) is 23.1 Å². The summed E-state index contributed by atoms with van der Waals surface area (Å²) in [6.45, 7) is 23.9. The summed E-state index contributed by atoms with van der Waals surface area (Å²) in [4.78, 5) is 17.3. The summed E-state index contributed by atoms with van der Waals surface area (Å²) >= 11 is 4.99. The Labute approximate surface area is 290 Å². The lowest BCUT2D eigenvalue weighted by Crippen LogP contribution is -2.63. The molecule has 1 atom stereocenters. The molecule has 2 N–H and O–H groups in total. The van der Waals surface area contributed by atoms with Crippen molar-refractivity contribution >= 4 is 41.5 Å². The van der Waals surface area contributed by atoms with Crippen LogP contribution >= 0.6 is 12.6 Å². The van der Waals surface area contributed by atoms with Gasteiger partial charge in [-0.1, -0.05) is 66.7 Å². The van der Waals surface area contributed by atoms with Crippen molar-refractivity contribution in [1.29, 1.82) is 0 Å². The van der Waals surface area contributed by atoms with E-state index in [4.69, 9.17) is 22.6 Å². The number of anilines is 4. The molecule has 7 nitrogen and oxygen atoms in total. The third-order valence-corrected chi connectivity index (χ3v) is 11.8. The van der Waals surface area contributed by atoms with E-state index in [9.17, 15) is 0 Å². The predicted octanol–water partition coefficient (Wildman–Crippen LogP) is 8.57. The van der Waals surface area contributed by atoms with Gasteiger partial charge < -0.3 is 25.3 Å². The molecule has 2 aliphatic carbocycles. The summed E-state index contributed by atoms with van der Waals surface area (Å²) < 4.78 is -0.0528. The summed E-state index contributed by atoms with van der Waals surface area (Å²) in [7, 11) is 2.10. The van der Waals surface area contributed by atoms with Crippen molar-refractivity contribution in [3.63, 3.8) is 0 Å². The molecule has 0 bridgehead atoms. The number of hydrogen-bond donors (Lipinski definition) is 3. The number of rotatable bonds is 11. The second kappa shape index (κ2) is 13.3. The Balaban J connectivity index is 1.21. The lowest BCUT2D eigenvalue weighted by Gasteiger charge is -2.61. The van der Waals surface area contributed by atoms with E-state index in [2.05, 4.69) is 98.4 Å². The van der Waals surface area contributed by atoms with Gasteiger partial charge in [-0.15, -0.1) is 0 Å². The number of fused-ring (bicyclic) bond motifs is 1. The quantitative estimate of drug-likeness (QED) is 0.209. The first-order valence-electron chi connectivity index (χ1n) is 18.3. The number of likely N-dealkylation sites (N-methyl/N-ethyl adjacent to an activating group) is 1. The van der Waals surface area contributed by atoms with Crippen molar-refractivity contribution in [3.05, 3.63) is 54.4 Å². The first kappa shape index (κ1) is 34.2. The van der Waals surface area contributed by atoms with E-state index in [1.54, 1.807) is 0 Å². The monoisotopic (exact) mass is 657 g/mol. The van der Waals surface area contributed by atoms with Crippen LogP contribution in [0.3, 0.4) is 0 Å². The standard InChI is InChI=1S/C39H59N7S/c1-9-29-22-30(27(4)43-39(24-37(6,7)47)25-38(26-39)18-20-45(11-3)21-19-38)16-17-32(29)41-36-40-23-34-35(42-36)46(31-14-12-13-15-31)33(10-2)28(5)44(34)8/h16-17,22-23,31,33,43,47H,4-5,9-15,18-21,24-26H2,1-3,6-8H3,(H,40,41,42). The summed E-state index contributed by atoms with van der Waals surface area (Å²) in [6.07, 6.45) is 14.9. The first-order valence-corrected chi connectivity index (χ1v) is 18.7. The molecule has 6 rings (SSSR count). The van der Waals surface area contributed by atoms with Gasteiger partial charge >= 0.3 is 0 Å². The van der Waals surface area contributed by atoms with E-state index in [1.807, 2.05) is 6.20 Å². The Bertz CT molecular complexity index is 1460. The number of thiol groups is 1. The summed E-state index contributed by atoms with van der Waals surface area (Å²) in [5.41, 5.74) is 7.11. The van der Waals surface area contributed by atoms with Crippen molar-refractivity contribution < 1.29 is 0 Å². The van der Waals surface area contributed by atoms with E-state index in [1.165, 1.54) is 70.0 Å². The molecular formula is C39H59N7S. The van der Waals surface area contributed by atoms with Crippen molar-refractivity contribution in [3.8, 4) is 0 Å². The van der Waals surface area contributed by atoms with Gasteiger partial charge in [-0.3, -0.25) is 0 Å². The minimum Gasteiger partial charge on any atom is -0.380 e. The Kier molecular flexibility index (Phi) is 9.67. The second-order valence-corrected chi connectivity index (χ2v) is 16.9. The Morgan fingerprint density at radius 3 is 2.43 bits per heavy atom. The van der Waals surface area contributed by atoms with Crippen LogP contribution in [0.15, 0.2) is 43.3 Å². The van der Waals surface area contributed by atoms with Gasteiger partial charge in [0.1, 0.15) is 5.69 Å². The molecule has 3 heterocycles. The van der Waals surface area contributed by atoms with E-state index in [0.717, 1.165) is 60.0 Å². The molecule has 2 aliphatic heterocycles. The SMILES string of the molecule is C=C(NC1(CC(C)(C)S)CC2(CCN(CC)CC2)C1)c1ccc(Nc2ncc3c(n2)N(C2CCCC2)C(CC)C(=C)N3C)c(CC)c1. The molecule has 1 spiro atoms. The van der Waals surface area contributed by atoms with Gasteiger partial charge in [0.2, 0.25) is 5.95 Å². The normalized spacial score (nSPS) is 22.7. The molecule has 8 heteroatoms. The van der Waals surface area contributed by atoms with E-state index >= 15 is 0 Å². The largest absolute Gasteiger partial charge is 0.380 e. The van der Waals surface area contributed by atoms with Crippen LogP contribution in [0.2, 0.25) is 0 Å². The van der Waals surface area contributed by atoms with Gasteiger partial charge in [0.25, 0.3) is 0 Å². The molecule has 1 saturated heterocycles. The molecule has 2 aromatic rings. The minimum atomic E-state index is -0.0528. The molecule has 0 amide bonds. The molecule has 1 aromatic carbocycles. The maximum atomic E-state index is 5.18. The fraction of sp³-hybridized carbons (Fsp3) is 0.641. The molecule has 4 aliphatic rings. The maximum Gasteiger partial charge on any atom is 0.229 e. The summed E-state index contributed by atoms with van der Waals surface area (Å²) in [5.74, 6) is 1.67. The minimum absolute atomic E-state index is 0.0387. The number of nitrogens with zero attached hydrogens (tertiary/aromatic N) is 5. The van der Waals surface area contributed by atoms with Crippen molar-refractivity contribution in [2.75, 3.05) is 41.8 Å². The molecule has 0 radical (unpaired) electrons. The van der Waals surface area contributed by atoms with Crippen molar-refractivity contribution in [1.82, 2.24) is 20.2 Å². The fourth-order valence-electron chi connectivity index (χ4n) is 9.46. The lowest BCUT2D eigenvalue weighted by atomic mass is 9.51. The van der Waals surface area contributed by atoms with Gasteiger partial charge in [0, 0.05) is 40.5 Å². The third-order valence-electron chi connectivity index (χ3n) is 11.7. The van der Waals surface area contributed by atoms with Crippen LogP contribution in [0.1, 0.15) is 110 Å². The van der Waals surface area contributed by atoms with Gasteiger partial charge in [0.05, 0.1) is 12.2 Å². The Morgan fingerprint density at radius 1 is 1.11 bits per heavy atom. The number of piperidine rings is 1. The van der Waals surface area contributed by atoms with Gasteiger partial charge in [-0.2, -0.15) is 17.6 Å². The number of benzene rings is 1. The average Bonchev–Trinajstić information content (AvgIpc) is 3.56. The number of nitrogens with one attached hydrogen (secondary N) is 2. The zero-order valence-electron chi connectivity index (χ0n) is 30.0. The second-order valence-electron chi connectivity index (χ2n) is 15.7. The van der Waals surface area contributed by atoms with E-state index in [0.29, 0.717) is 17.4 Å². The van der Waals surface area contributed by atoms with Crippen LogP contribution in [0.5, 0.6) is 0 Å². The maximum absolute atomic E-state index is 5.18. The topological polar surface area (TPSA) is 59.6 Å². The van der Waals surface area contributed by atoms with Gasteiger partial charge in [-0.05, 0) is 106 Å². The molecule has 256 valence electrons. The summed E-state index contributed by atoms with van der Waals surface area (Å²) in [6, 6.07) is 7.42. The van der Waals surface area contributed by atoms with Crippen molar-refractivity contribution in [2.45, 2.75) is 128 Å². The lowest BCUT2D eigenvalue weighted by molar-refractivity contribution is -0.0464. The molecule has 47 heavy (non-hydrogen) atoms. The molecule has 2 saturated carbocycles. The number of likely N-dealkylation sites (tertiary alicyclic amines) is 1. The molecule has 1 aromatic heterocycles. The zero-order chi connectivity index (χ0) is 33.6. The Hall–Kier alpha value is -2.71. The van der Waals surface area contributed by atoms with Gasteiger partial charge in [0.15, 0.2) is 5.82 Å². The number of aryl methyl sites for hydroxylation is 1. The van der Waals surface area contributed by atoms with Crippen LogP contribution in [-0.4, -0.2) is 63.9 Å². The highest BCUT2D eigenvalue weighted by molar-refractivity contribution is 7.81. The highest BCUT2D eigenvalue weighted by atomic mass is 32.1. The van der Waals surface area contributed by atoms with Crippen LogP contribution in [-0.2, 0) is 6.42 Å². The third kappa shape index (κ3) is 6.92. The highest BCUT2D eigenvalue weighted by Gasteiger charge is 2.56. The van der Waals surface area contributed by atoms with E-state index < -0.39 is 0 Å². The smallest absolute Gasteiger partial charge is 0.229 e. The molecule has 1 unspecified atom stereocenters. The molecular weight excluding hydrogens is 599 g/mol. The highest BCUT2D eigenvalue weighted by Crippen LogP contribution is 2.58. The predicted molar refractivity (Wildman–Crippen MR) is 203 cm³/mol. The average molecular weight is 658 g/mol. The Morgan fingerprint density at radius 2 is 1.81 bits per heavy atom. The van der Waals surface area contributed by atoms with Crippen molar-refractivity contribution in [2.24, 2.45) is 5.41 Å². The molecule has 3 fully saturated rings. The summed E-state index contributed by atoms with van der Waals surface area (Å²) in [5, 5.41) is 7.59. The van der Waals surface area contributed by atoms with Gasteiger partial charge in [-0.25, -0.2) is 4.98 Å². The van der Waals surface area contributed by atoms with E-state index in [-0.39, 0.29) is 16.3 Å². The first-order chi connectivity index (χ1) is 22.4. The van der Waals surface area contributed by atoms with Crippen LogP contribution < -0.4 is 20.4 Å². The van der Waals surface area contributed by atoms with Crippen LogP contribution in [0, 0.1) is 5.41 Å².